The number of amides is 1. The van der Waals surface area contributed by atoms with Gasteiger partial charge in [0.25, 0.3) is 10.9 Å². The van der Waals surface area contributed by atoms with Crippen LogP contribution in [-0.4, -0.2) is 21.6 Å². The smallest absolute Gasteiger partial charge is 0.271 e. The first-order chi connectivity index (χ1) is 12.0. The number of aromatic nitrogens is 1. The quantitative estimate of drug-likeness (QED) is 0.410. The summed E-state index contributed by atoms with van der Waals surface area (Å²) in [6, 6.07) is 13.8. The lowest BCUT2D eigenvalue weighted by molar-refractivity contribution is -0.384. The van der Waals surface area contributed by atoms with Gasteiger partial charge in [0.15, 0.2) is 5.58 Å². The summed E-state index contributed by atoms with van der Waals surface area (Å²) in [5.41, 5.74) is 1.82. The van der Waals surface area contributed by atoms with Gasteiger partial charge >= 0.3 is 0 Å². The molecule has 2 aromatic carbocycles. The molecule has 3 rings (SSSR count). The van der Waals surface area contributed by atoms with E-state index in [1.54, 1.807) is 0 Å². The summed E-state index contributed by atoms with van der Waals surface area (Å²) in [4.78, 5) is 26.5. The van der Waals surface area contributed by atoms with Crippen LogP contribution in [-0.2, 0) is 4.79 Å². The Hall–Kier alpha value is -2.87. The maximum absolute atomic E-state index is 12.1. The first kappa shape index (κ1) is 17.0. The lowest BCUT2D eigenvalue weighted by atomic mass is 10.1. The Morgan fingerprint density at radius 3 is 2.80 bits per heavy atom. The summed E-state index contributed by atoms with van der Waals surface area (Å²) in [6.07, 6.45) is 0. The lowest BCUT2D eigenvalue weighted by Gasteiger charge is -2.13. The number of nitro groups is 1. The normalized spacial score (nSPS) is 12.0. The molecule has 0 saturated carbocycles. The van der Waals surface area contributed by atoms with Gasteiger partial charge in [0.1, 0.15) is 5.52 Å². The van der Waals surface area contributed by atoms with E-state index in [0.717, 1.165) is 17.3 Å². The average molecular weight is 357 g/mol. The Morgan fingerprint density at radius 1 is 1.32 bits per heavy atom. The van der Waals surface area contributed by atoms with Crippen LogP contribution in [0.5, 0.6) is 0 Å². The van der Waals surface area contributed by atoms with Crippen molar-refractivity contribution in [2.24, 2.45) is 0 Å². The van der Waals surface area contributed by atoms with E-state index in [-0.39, 0.29) is 23.4 Å². The minimum Gasteiger partial charge on any atom is -0.431 e. The van der Waals surface area contributed by atoms with E-state index in [1.807, 2.05) is 37.3 Å². The highest BCUT2D eigenvalue weighted by Crippen LogP contribution is 2.26. The fourth-order valence-electron chi connectivity index (χ4n) is 2.31. The van der Waals surface area contributed by atoms with Crippen molar-refractivity contribution in [3.8, 4) is 0 Å². The third-order valence-electron chi connectivity index (χ3n) is 3.57. The Morgan fingerprint density at radius 2 is 2.08 bits per heavy atom. The molecular weight excluding hydrogens is 342 g/mol. The van der Waals surface area contributed by atoms with E-state index in [0.29, 0.717) is 16.3 Å². The Balaban J connectivity index is 1.60. The third-order valence-corrected chi connectivity index (χ3v) is 4.39. The van der Waals surface area contributed by atoms with Crippen LogP contribution in [0.4, 0.5) is 5.69 Å². The Labute approximate surface area is 147 Å². The number of non-ortho nitro benzene ring substituents is 1. The number of oxazole rings is 1. The molecule has 1 amide bonds. The van der Waals surface area contributed by atoms with Crippen molar-refractivity contribution in [1.29, 1.82) is 0 Å². The molecule has 1 atom stereocenters. The van der Waals surface area contributed by atoms with Gasteiger partial charge in [-0.2, -0.15) is 0 Å². The van der Waals surface area contributed by atoms with Crippen molar-refractivity contribution < 1.29 is 14.1 Å². The van der Waals surface area contributed by atoms with Crippen molar-refractivity contribution in [2.75, 3.05) is 5.75 Å². The fourth-order valence-corrected chi connectivity index (χ4v) is 2.95. The number of nitrogens with zero attached hydrogens (tertiary/aromatic N) is 2. The van der Waals surface area contributed by atoms with Crippen molar-refractivity contribution >= 4 is 34.5 Å². The van der Waals surface area contributed by atoms with Crippen LogP contribution >= 0.6 is 11.8 Å². The van der Waals surface area contributed by atoms with Crippen molar-refractivity contribution in [2.45, 2.75) is 18.2 Å². The van der Waals surface area contributed by atoms with Gasteiger partial charge in [-0.15, -0.1) is 0 Å². The standard InChI is InChI=1S/C17H15N3O4S/c1-11(12-5-3-2-4-6-12)18-16(21)10-25-17-19-14-9-13(20(22)23)7-8-15(14)24-17/h2-9,11H,10H2,1H3,(H,18,21)/t11-/m1/s1. The molecule has 0 aliphatic carbocycles. The second-order valence-corrected chi connectivity index (χ2v) is 6.30. The third kappa shape index (κ3) is 4.16. The molecule has 0 fully saturated rings. The van der Waals surface area contributed by atoms with E-state index in [4.69, 9.17) is 4.42 Å². The van der Waals surface area contributed by atoms with E-state index in [1.165, 1.54) is 18.2 Å². The highest BCUT2D eigenvalue weighted by molar-refractivity contribution is 7.99. The molecule has 1 heterocycles. The van der Waals surface area contributed by atoms with Gasteiger partial charge < -0.3 is 9.73 Å². The summed E-state index contributed by atoms with van der Waals surface area (Å²) in [6.45, 7) is 1.91. The molecule has 1 N–H and O–H groups in total. The van der Waals surface area contributed by atoms with Gasteiger partial charge in [-0.3, -0.25) is 14.9 Å². The summed E-state index contributed by atoms with van der Waals surface area (Å²) in [5, 5.41) is 14.0. The fraction of sp³-hybridized carbons (Fsp3) is 0.176. The van der Waals surface area contributed by atoms with E-state index in [9.17, 15) is 14.9 Å². The Bertz CT molecular complexity index is 911. The molecular formula is C17H15N3O4S. The van der Waals surface area contributed by atoms with Crippen LogP contribution in [0, 0.1) is 10.1 Å². The second kappa shape index (κ2) is 7.35. The van der Waals surface area contributed by atoms with Crippen LogP contribution in [0.3, 0.4) is 0 Å². The predicted octanol–water partition coefficient (Wildman–Crippen LogP) is 3.71. The largest absolute Gasteiger partial charge is 0.431 e. The van der Waals surface area contributed by atoms with Crippen LogP contribution in [0.2, 0.25) is 0 Å². The topological polar surface area (TPSA) is 98.3 Å². The monoisotopic (exact) mass is 357 g/mol. The highest BCUT2D eigenvalue weighted by atomic mass is 32.2. The van der Waals surface area contributed by atoms with E-state index in [2.05, 4.69) is 10.3 Å². The molecule has 0 spiro atoms. The highest BCUT2D eigenvalue weighted by Gasteiger charge is 2.14. The van der Waals surface area contributed by atoms with E-state index < -0.39 is 4.92 Å². The zero-order valence-corrected chi connectivity index (χ0v) is 14.2. The average Bonchev–Trinajstić information content (AvgIpc) is 3.02. The number of thioether (sulfide) groups is 1. The number of nitrogens with one attached hydrogen (secondary N) is 1. The molecule has 128 valence electrons. The number of benzene rings is 2. The molecule has 1 aromatic heterocycles. The van der Waals surface area contributed by atoms with Gasteiger partial charge in [-0.25, -0.2) is 4.98 Å². The van der Waals surface area contributed by atoms with Crippen LogP contribution in [0.15, 0.2) is 58.2 Å². The molecule has 0 saturated heterocycles. The van der Waals surface area contributed by atoms with Gasteiger partial charge in [0.05, 0.1) is 16.7 Å². The zero-order chi connectivity index (χ0) is 17.8. The van der Waals surface area contributed by atoms with E-state index >= 15 is 0 Å². The van der Waals surface area contributed by atoms with Gasteiger partial charge in [-0.1, -0.05) is 42.1 Å². The van der Waals surface area contributed by atoms with Crippen molar-refractivity contribution in [1.82, 2.24) is 10.3 Å². The summed E-state index contributed by atoms with van der Waals surface area (Å²) in [7, 11) is 0. The number of hydrogen-bond acceptors (Lipinski definition) is 6. The van der Waals surface area contributed by atoms with Crippen molar-refractivity contribution in [3.05, 3.63) is 64.2 Å². The molecule has 3 aromatic rings. The molecule has 7 nitrogen and oxygen atoms in total. The molecule has 8 heteroatoms. The Kier molecular flexibility index (Phi) is 4.99. The number of nitro benzene ring substituents is 1. The maximum Gasteiger partial charge on any atom is 0.271 e. The molecule has 0 aliphatic rings. The summed E-state index contributed by atoms with van der Waals surface area (Å²) >= 11 is 1.15. The van der Waals surface area contributed by atoms with Crippen molar-refractivity contribution in [3.63, 3.8) is 0 Å². The maximum atomic E-state index is 12.1. The van der Waals surface area contributed by atoms with Crippen LogP contribution < -0.4 is 5.32 Å². The first-order valence-corrected chi connectivity index (χ1v) is 8.53. The van der Waals surface area contributed by atoms with Gasteiger partial charge in [0.2, 0.25) is 5.91 Å². The number of fused-ring (bicyclic) bond motifs is 1. The molecule has 0 radical (unpaired) electrons. The molecule has 25 heavy (non-hydrogen) atoms. The SMILES string of the molecule is C[C@@H](NC(=O)CSc1nc2cc([N+](=O)[O-])ccc2o1)c1ccccc1. The molecule has 0 bridgehead atoms. The minimum atomic E-state index is -0.487. The zero-order valence-electron chi connectivity index (χ0n) is 13.3. The second-order valence-electron chi connectivity index (χ2n) is 5.38. The number of carbonyl (C=O) groups is 1. The number of rotatable bonds is 6. The van der Waals surface area contributed by atoms with Gasteiger partial charge in [0, 0.05) is 12.1 Å². The predicted molar refractivity (Wildman–Crippen MR) is 94.4 cm³/mol. The first-order valence-electron chi connectivity index (χ1n) is 7.55. The summed E-state index contributed by atoms with van der Waals surface area (Å²) in [5.74, 6) is 0.00103. The molecule has 0 unspecified atom stereocenters. The van der Waals surface area contributed by atoms with Crippen LogP contribution in [0.25, 0.3) is 11.1 Å². The number of carbonyl (C=O) groups excluding carboxylic acids is 1. The number of hydrogen-bond donors (Lipinski definition) is 1. The van der Waals surface area contributed by atoms with Gasteiger partial charge in [-0.05, 0) is 18.6 Å². The molecule has 0 aliphatic heterocycles. The minimum absolute atomic E-state index is 0.0493. The summed E-state index contributed by atoms with van der Waals surface area (Å²) < 4.78 is 5.49. The lowest BCUT2D eigenvalue weighted by Crippen LogP contribution is -2.28. The van der Waals surface area contributed by atoms with Crippen LogP contribution in [0.1, 0.15) is 18.5 Å².